The van der Waals surface area contributed by atoms with E-state index in [1.54, 1.807) is 0 Å². The Balaban J connectivity index is 0.901. The van der Waals surface area contributed by atoms with E-state index >= 15 is 0 Å². The fourth-order valence-corrected chi connectivity index (χ4v) is 19.0. The maximum absolute atomic E-state index is 2.67. The van der Waals surface area contributed by atoms with Crippen molar-refractivity contribution in [1.29, 1.82) is 0 Å². The first kappa shape index (κ1) is 64.6. The number of rotatable bonds is 14. The largest absolute Gasteiger partial charge is 0.311 e. The second-order valence-electron chi connectivity index (χ2n) is 28.6. The third kappa shape index (κ3) is 10.8. The zero-order chi connectivity index (χ0) is 72.6. The van der Waals surface area contributed by atoms with Crippen LogP contribution in [0.3, 0.4) is 0 Å². The molecule has 0 aromatic heterocycles. The summed E-state index contributed by atoms with van der Waals surface area (Å²) in [5, 5.41) is 0. The van der Waals surface area contributed by atoms with Crippen LogP contribution in [0.4, 0.5) is 85.3 Å². The van der Waals surface area contributed by atoms with Crippen LogP contribution in [0.5, 0.6) is 0 Å². The maximum Gasteiger partial charge on any atom is 0.252 e. The molecule has 4 aliphatic heterocycles. The van der Waals surface area contributed by atoms with Crippen LogP contribution in [0.2, 0.25) is 0 Å². The summed E-state index contributed by atoms with van der Waals surface area (Å²) in [4.78, 5) is 15.3. The Kier molecular flexibility index (Phi) is 16.0. The summed E-state index contributed by atoms with van der Waals surface area (Å²) in [6.07, 6.45) is 0. The van der Waals surface area contributed by atoms with E-state index in [-0.39, 0.29) is 13.4 Å². The molecule has 0 unspecified atom stereocenters. The van der Waals surface area contributed by atoms with Crippen LogP contribution in [0, 0.1) is 0 Å². The first-order valence-corrected chi connectivity index (χ1v) is 38.7. The molecule has 0 bridgehead atoms. The lowest BCUT2D eigenvalue weighted by Gasteiger charge is -2.47. The molecule has 0 saturated carbocycles. The summed E-state index contributed by atoms with van der Waals surface area (Å²) < 4.78 is 0. The van der Waals surface area contributed by atoms with Crippen LogP contribution < -0.4 is 57.3 Å². The molecule has 21 rings (SSSR count). The van der Waals surface area contributed by atoms with Crippen LogP contribution in [0.25, 0.3) is 55.6 Å². The van der Waals surface area contributed by atoms with Gasteiger partial charge in [-0.1, -0.05) is 339 Å². The zero-order valence-corrected chi connectivity index (χ0v) is 61.0. The molecule has 4 aliphatic rings. The van der Waals surface area contributed by atoms with E-state index in [2.05, 4.69) is 443 Å². The lowest BCUT2D eigenvalue weighted by atomic mass is 9.31. The van der Waals surface area contributed by atoms with Gasteiger partial charge >= 0.3 is 0 Å². The molecule has 0 amide bonds. The summed E-state index contributed by atoms with van der Waals surface area (Å²) >= 11 is 1.91. The van der Waals surface area contributed by atoms with Gasteiger partial charge in [-0.3, -0.25) is 0 Å². The smallest absolute Gasteiger partial charge is 0.252 e. The molecular weight excluding hydrogens is 1350 g/mol. The molecule has 4 heterocycles. The summed E-state index contributed by atoms with van der Waals surface area (Å²) in [5.41, 5.74) is 35.2. The van der Waals surface area contributed by atoms with Crippen molar-refractivity contribution >= 4 is 143 Å². The Morgan fingerprint density at radius 1 is 0.209 bits per heavy atom. The fraction of sp³-hybridized carbons (Fsp3) is 0. The lowest BCUT2D eigenvalue weighted by molar-refractivity contribution is 1.22. The van der Waals surface area contributed by atoms with Crippen LogP contribution in [-0.4, -0.2) is 13.4 Å². The number of anilines is 15. The molecule has 0 fully saturated rings. The second kappa shape index (κ2) is 27.2. The SMILES string of the molecule is c1ccc(-c2ccccc2N2c3cc4c(cc3B3c5ccccc5N(c5c(-c6ccccc6)cccc5-c5ccccc5)c5cc(N(c6ccccc6)c6c(-c7ccccc7)cccc6-c6ccccc6)cc2c53)B2c3ccccc3N(c3ccccc3)c3cc(N(c5ccccc5)c5ccccc5)cc(c32)S4)cc1. The highest BCUT2D eigenvalue weighted by Gasteiger charge is 2.49. The van der Waals surface area contributed by atoms with Crippen molar-refractivity contribution in [1.82, 2.24) is 0 Å². The summed E-state index contributed by atoms with van der Waals surface area (Å²) in [7, 11) is 0. The minimum atomic E-state index is -0.272. The van der Waals surface area contributed by atoms with Gasteiger partial charge in [0.15, 0.2) is 0 Å². The van der Waals surface area contributed by atoms with Gasteiger partial charge in [-0.2, -0.15) is 0 Å². The van der Waals surface area contributed by atoms with E-state index < -0.39 is 0 Å². The highest BCUT2D eigenvalue weighted by molar-refractivity contribution is 8.00. The Morgan fingerprint density at radius 2 is 0.573 bits per heavy atom. The van der Waals surface area contributed by atoms with Gasteiger partial charge in [-0.05, 0) is 152 Å². The third-order valence-corrected chi connectivity index (χ3v) is 23.5. The topological polar surface area (TPSA) is 16.2 Å². The molecular formula is C102H69B2N5S. The molecule has 8 heteroatoms. The Hall–Kier alpha value is -13.8. The molecule has 514 valence electrons. The monoisotopic (exact) mass is 1420 g/mol. The molecule has 0 radical (unpaired) electrons. The lowest BCUT2D eigenvalue weighted by Crippen LogP contribution is -2.64. The van der Waals surface area contributed by atoms with Crippen LogP contribution in [-0.2, 0) is 0 Å². The highest BCUT2D eigenvalue weighted by Crippen LogP contribution is 2.56. The average Bonchev–Trinajstić information content (AvgIpc) is 0.684. The van der Waals surface area contributed by atoms with E-state index in [9.17, 15) is 0 Å². The molecule has 17 aromatic carbocycles. The van der Waals surface area contributed by atoms with E-state index in [0.717, 1.165) is 141 Å². The molecule has 0 saturated heterocycles. The van der Waals surface area contributed by atoms with Gasteiger partial charge in [-0.15, -0.1) is 0 Å². The van der Waals surface area contributed by atoms with Gasteiger partial charge in [0.25, 0.3) is 6.71 Å². The first-order valence-electron chi connectivity index (χ1n) is 37.9. The van der Waals surface area contributed by atoms with Gasteiger partial charge in [0, 0.05) is 100 Å². The number of hydrogen-bond donors (Lipinski definition) is 0. The van der Waals surface area contributed by atoms with Crippen LogP contribution in [0.1, 0.15) is 0 Å². The minimum Gasteiger partial charge on any atom is -0.311 e. The molecule has 17 aromatic rings. The summed E-state index contributed by atoms with van der Waals surface area (Å²) in [6, 6.07) is 156. The standard InChI is InChI=1S/C102H69B2N5S/c1-10-36-70(37-11-1)81-54-28-31-61-90(81)108-93-69-97-89(104-86-59-29-32-62-91(86)107(78-52-26-9-27-53-78)96-66-80(67-98(110-97)100(96)104)105(75-46-20-6-21-47-75)76-48-22-7-23-49-76)68-88(93)103-87-60-30-33-63-92(87)109(102-84(73-42-16-4-17-43-73)57-35-58-85(102)74-44-18-5-19-45-74)95-65-79(64-94(108)99(95)103)106(77-50-24-8-25-51-77)101-82(71-38-12-2-13-39-71)55-34-56-83(101)72-40-14-3-15-41-72/h1-69H. The number of nitrogens with zero attached hydrogens (tertiary/aromatic N) is 5. The molecule has 110 heavy (non-hydrogen) atoms. The molecule has 0 atom stereocenters. The summed E-state index contributed by atoms with van der Waals surface area (Å²) in [5.74, 6) is 0. The second-order valence-corrected chi connectivity index (χ2v) is 29.7. The zero-order valence-electron chi connectivity index (χ0n) is 60.1. The average molecular weight is 1420 g/mol. The minimum absolute atomic E-state index is 0.147. The Bertz CT molecular complexity index is 6180. The molecule has 5 nitrogen and oxygen atoms in total. The van der Waals surface area contributed by atoms with Gasteiger partial charge in [0.1, 0.15) is 0 Å². The Morgan fingerprint density at radius 3 is 1.08 bits per heavy atom. The number of hydrogen-bond acceptors (Lipinski definition) is 6. The van der Waals surface area contributed by atoms with Crippen molar-refractivity contribution in [3.63, 3.8) is 0 Å². The fourth-order valence-electron chi connectivity index (χ4n) is 17.8. The van der Waals surface area contributed by atoms with Crippen LogP contribution >= 0.6 is 11.8 Å². The molecule has 0 N–H and O–H groups in total. The number of para-hydroxylation sites is 9. The van der Waals surface area contributed by atoms with Gasteiger partial charge in [0.05, 0.1) is 22.7 Å². The quantitative estimate of drug-likeness (QED) is 0.100. The number of fused-ring (bicyclic) bond motifs is 8. The molecule has 0 spiro atoms. The van der Waals surface area contributed by atoms with E-state index in [1.807, 2.05) is 11.8 Å². The van der Waals surface area contributed by atoms with Crippen molar-refractivity contribution < 1.29 is 0 Å². The van der Waals surface area contributed by atoms with Gasteiger partial charge in [-0.25, -0.2) is 0 Å². The van der Waals surface area contributed by atoms with Gasteiger partial charge in [0.2, 0.25) is 6.71 Å². The third-order valence-electron chi connectivity index (χ3n) is 22.4. The van der Waals surface area contributed by atoms with Crippen molar-refractivity contribution in [3.05, 3.63) is 419 Å². The van der Waals surface area contributed by atoms with Crippen LogP contribution in [0.15, 0.2) is 428 Å². The van der Waals surface area contributed by atoms with Crippen molar-refractivity contribution in [2.45, 2.75) is 9.79 Å². The van der Waals surface area contributed by atoms with Gasteiger partial charge < -0.3 is 24.5 Å². The normalized spacial score (nSPS) is 12.6. The van der Waals surface area contributed by atoms with Crippen molar-refractivity contribution in [3.8, 4) is 55.6 Å². The number of benzene rings is 17. The maximum atomic E-state index is 2.67. The van der Waals surface area contributed by atoms with Crippen molar-refractivity contribution in [2.24, 2.45) is 0 Å². The van der Waals surface area contributed by atoms with E-state index in [0.29, 0.717) is 0 Å². The highest BCUT2D eigenvalue weighted by atomic mass is 32.2. The molecule has 0 aliphatic carbocycles. The first-order chi connectivity index (χ1) is 54.6. The van der Waals surface area contributed by atoms with E-state index in [1.165, 1.54) is 42.6 Å². The predicted octanol–water partition coefficient (Wildman–Crippen LogP) is 23.8. The predicted molar refractivity (Wildman–Crippen MR) is 467 cm³/mol. The van der Waals surface area contributed by atoms with E-state index in [4.69, 9.17) is 0 Å². The Labute approximate surface area is 647 Å². The van der Waals surface area contributed by atoms with Crippen molar-refractivity contribution in [2.75, 3.05) is 24.5 Å². The summed E-state index contributed by atoms with van der Waals surface area (Å²) in [6.45, 7) is -0.419.